The standard InChI is InChI=1S/C13H15N3O4/c1-13(6-19-5-10(13)14)11(17)15-7-2-3-9-8(4-7)16-12(18)20-9/h2-4,10H,5-6,14H2,1H3,(H,15,17)(H,16,18). The first-order valence-corrected chi connectivity index (χ1v) is 6.27. The molecule has 1 aromatic carbocycles. The van der Waals surface area contributed by atoms with Crippen LogP contribution in [0, 0.1) is 5.41 Å². The number of anilines is 1. The Labute approximate surface area is 114 Å². The minimum Gasteiger partial charge on any atom is -0.408 e. The van der Waals surface area contributed by atoms with E-state index in [9.17, 15) is 9.59 Å². The second-order valence-corrected chi connectivity index (χ2v) is 5.22. The van der Waals surface area contributed by atoms with E-state index in [1.807, 2.05) is 0 Å². The molecular formula is C13H15N3O4. The van der Waals surface area contributed by atoms with Crippen LogP contribution in [0.4, 0.5) is 5.69 Å². The maximum Gasteiger partial charge on any atom is 0.417 e. The topological polar surface area (TPSA) is 110 Å². The number of aromatic nitrogens is 1. The summed E-state index contributed by atoms with van der Waals surface area (Å²) < 4.78 is 10.2. The van der Waals surface area contributed by atoms with Gasteiger partial charge in [0.05, 0.1) is 24.1 Å². The van der Waals surface area contributed by atoms with Gasteiger partial charge in [0.1, 0.15) is 0 Å². The third-order valence-electron chi connectivity index (χ3n) is 3.71. The Bertz CT molecular complexity index is 720. The van der Waals surface area contributed by atoms with Crippen LogP contribution >= 0.6 is 0 Å². The van der Waals surface area contributed by atoms with Crippen LogP contribution in [0.5, 0.6) is 0 Å². The molecule has 0 saturated carbocycles. The van der Waals surface area contributed by atoms with E-state index < -0.39 is 11.2 Å². The van der Waals surface area contributed by atoms with Gasteiger partial charge < -0.3 is 20.2 Å². The molecule has 0 bridgehead atoms. The number of amides is 1. The quantitative estimate of drug-likeness (QED) is 0.737. The molecule has 106 valence electrons. The summed E-state index contributed by atoms with van der Waals surface area (Å²) in [5.74, 6) is -0.727. The minimum atomic E-state index is -0.751. The maximum absolute atomic E-state index is 12.3. The normalized spacial score (nSPS) is 26.0. The van der Waals surface area contributed by atoms with E-state index in [0.29, 0.717) is 30.0 Å². The number of oxazole rings is 1. The van der Waals surface area contributed by atoms with Gasteiger partial charge in [-0.3, -0.25) is 9.78 Å². The number of ether oxygens (including phenoxy) is 1. The molecule has 20 heavy (non-hydrogen) atoms. The fraction of sp³-hybridized carbons (Fsp3) is 0.385. The molecule has 1 aromatic heterocycles. The van der Waals surface area contributed by atoms with Crippen molar-refractivity contribution in [3.8, 4) is 0 Å². The lowest BCUT2D eigenvalue weighted by atomic mass is 9.85. The number of benzene rings is 1. The number of H-pyrrole nitrogens is 1. The zero-order chi connectivity index (χ0) is 14.3. The summed E-state index contributed by atoms with van der Waals surface area (Å²) in [7, 11) is 0. The Morgan fingerprint density at radius 2 is 2.35 bits per heavy atom. The summed E-state index contributed by atoms with van der Waals surface area (Å²) in [6.07, 6.45) is 0. The highest BCUT2D eigenvalue weighted by Crippen LogP contribution is 2.29. The summed E-state index contributed by atoms with van der Waals surface area (Å²) in [6, 6.07) is 4.60. The molecule has 1 saturated heterocycles. The molecule has 1 fully saturated rings. The first-order chi connectivity index (χ1) is 9.49. The van der Waals surface area contributed by atoms with Gasteiger partial charge in [0, 0.05) is 11.7 Å². The summed E-state index contributed by atoms with van der Waals surface area (Å²) in [6.45, 7) is 2.45. The zero-order valence-corrected chi connectivity index (χ0v) is 10.9. The molecule has 2 unspecified atom stereocenters. The van der Waals surface area contributed by atoms with Gasteiger partial charge >= 0.3 is 5.76 Å². The van der Waals surface area contributed by atoms with E-state index in [1.54, 1.807) is 25.1 Å². The fourth-order valence-electron chi connectivity index (χ4n) is 2.23. The largest absolute Gasteiger partial charge is 0.417 e. The molecule has 2 atom stereocenters. The Balaban J connectivity index is 1.85. The molecule has 0 spiro atoms. The molecule has 2 aromatic rings. The van der Waals surface area contributed by atoms with Crippen molar-refractivity contribution in [2.75, 3.05) is 18.5 Å². The summed E-state index contributed by atoms with van der Waals surface area (Å²) in [5.41, 5.74) is 6.71. The van der Waals surface area contributed by atoms with Crippen molar-refractivity contribution in [3.05, 3.63) is 28.7 Å². The third kappa shape index (κ3) is 2.00. The lowest BCUT2D eigenvalue weighted by Crippen LogP contribution is -2.47. The van der Waals surface area contributed by atoms with Crippen LogP contribution in [0.1, 0.15) is 6.92 Å². The van der Waals surface area contributed by atoms with Crippen LogP contribution in [-0.4, -0.2) is 30.1 Å². The van der Waals surface area contributed by atoms with Gasteiger partial charge in [0.2, 0.25) is 5.91 Å². The molecular weight excluding hydrogens is 262 g/mol. The number of aromatic amines is 1. The Hall–Kier alpha value is -2.12. The lowest BCUT2D eigenvalue weighted by molar-refractivity contribution is -0.125. The van der Waals surface area contributed by atoms with Gasteiger partial charge in [-0.15, -0.1) is 0 Å². The predicted octanol–water partition coefficient (Wildman–Crippen LogP) is 0.423. The monoisotopic (exact) mass is 277 g/mol. The number of hydrogen-bond acceptors (Lipinski definition) is 5. The number of fused-ring (bicyclic) bond motifs is 1. The molecule has 2 heterocycles. The van der Waals surface area contributed by atoms with Crippen LogP contribution in [-0.2, 0) is 9.53 Å². The molecule has 1 aliphatic heterocycles. The van der Waals surface area contributed by atoms with Crippen LogP contribution in [0.2, 0.25) is 0 Å². The van der Waals surface area contributed by atoms with E-state index in [-0.39, 0.29) is 11.9 Å². The predicted molar refractivity (Wildman–Crippen MR) is 72.4 cm³/mol. The molecule has 3 rings (SSSR count). The van der Waals surface area contributed by atoms with Gasteiger partial charge in [-0.25, -0.2) is 4.79 Å². The van der Waals surface area contributed by atoms with Gasteiger partial charge in [-0.2, -0.15) is 0 Å². The van der Waals surface area contributed by atoms with Crippen LogP contribution < -0.4 is 16.8 Å². The molecule has 7 heteroatoms. The highest BCUT2D eigenvalue weighted by Gasteiger charge is 2.44. The number of nitrogens with two attached hydrogens (primary N) is 1. The van der Waals surface area contributed by atoms with Crippen molar-refractivity contribution in [3.63, 3.8) is 0 Å². The second kappa shape index (κ2) is 4.46. The number of carbonyl (C=O) groups is 1. The van der Waals surface area contributed by atoms with Crippen molar-refractivity contribution in [1.29, 1.82) is 0 Å². The summed E-state index contributed by atoms with van der Waals surface area (Å²) in [5, 5.41) is 2.79. The average Bonchev–Trinajstić information content (AvgIpc) is 2.92. The molecule has 0 aliphatic carbocycles. The van der Waals surface area contributed by atoms with Crippen LogP contribution in [0.3, 0.4) is 0 Å². The first kappa shape index (κ1) is 12.9. The Kier molecular flexibility index (Phi) is 2.88. The highest BCUT2D eigenvalue weighted by molar-refractivity contribution is 5.97. The maximum atomic E-state index is 12.3. The number of hydrogen-bond donors (Lipinski definition) is 3. The first-order valence-electron chi connectivity index (χ1n) is 6.27. The average molecular weight is 277 g/mol. The molecule has 1 aliphatic rings. The number of rotatable bonds is 2. The Morgan fingerprint density at radius 3 is 3.05 bits per heavy atom. The molecule has 4 N–H and O–H groups in total. The molecule has 7 nitrogen and oxygen atoms in total. The van der Waals surface area contributed by atoms with Crippen LogP contribution in [0.25, 0.3) is 11.1 Å². The highest BCUT2D eigenvalue weighted by atomic mass is 16.5. The van der Waals surface area contributed by atoms with E-state index >= 15 is 0 Å². The summed E-state index contributed by atoms with van der Waals surface area (Å²) in [4.78, 5) is 25.9. The molecule has 1 amide bonds. The SMILES string of the molecule is CC1(C(=O)Nc2ccc3oc(=O)[nH]c3c2)COCC1N. The third-order valence-corrected chi connectivity index (χ3v) is 3.71. The Morgan fingerprint density at radius 1 is 1.55 bits per heavy atom. The van der Waals surface area contributed by atoms with Gasteiger partial charge in [-0.05, 0) is 25.1 Å². The van der Waals surface area contributed by atoms with E-state index in [1.165, 1.54) is 0 Å². The summed E-state index contributed by atoms with van der Waals surface area (Å²) >= 11 is 0. The van der Waals surface area contributed by atoms with E-state index in [2.05, 4.69) is 10.3 Å². The lowest BCUT2D eigenvalue weighted by Gasteiger charge is -2.25. The van der Waals surface area contributed by atoms with Crippen LogP contribution in [0.15, 0.2) is 27.4 Å². The van der Waals surface area contributed by atoms with Gasteiger partial charge in [0.25, 0.3) is 0 Å². The van der Waals surface area contributed by atoms with E-state index in [4.69, 9.17) is 14.9 Å². The van der Waals surface area contributed by atoms with E-state index in [0.717, 1.165) is 0 Å². The number of nitrogens with one attached hydrogen (secondary N) is 2. The molecule has 0 radical (unpaired) electrons. The van der Waals surface area contributed by atoms with Crippen molar-refractivity contribution >= 4 is 22.7 Å². The zero-order valence-electron chi connectivity index (χ0n) is 10.9. The van der Waals surface area contributed by atoms with Crippen molar-refractivity contribution in [1.82, 2.24) is 4.98 Å². The number of carbonyl (C=O) groups excluding carboxylic acids is 1. The fourth-order valence-corrected chi connectivity index (χ4v) is 2.23. The van der Waals surface area contributed by atoms with Gasteiger partial charge in [-0.1, -0.05) is 0 Å². The smallest absolute Gasteiger partial charge is 0.408 e. The van der Waals surface area contributed by atoms with Crippen molar-refractivity contribution < 1.29 is 13.9 Å². The second-order valence-electron chi connectivity index (χ2n) is 5.22. The van der Waals surface area contributed by atoms with Gasteiger partial charge in [0.15, 0.2) is 5.58 Å². The van der Waals surface area contributed by atoms with Crippen molar-refractivity contribution in [2.24, 2.45) is 11.1 Å². The van der Waals surface area contributed by atoms with Crippen molar-refractivity contribution in [2.45, 2.75) is 13.0 Å². The minimum absolute atomic E-state index is 0.201.